The maximum atomic E-state index is 13.1. The van der Waals surface area contributed by atoms with Gasteiger partial charge in [0.25, 0.3) is 5.91 Å². The van der Waals surface area contributed by atoms with Crippen LogP contribution in [0.15, 0.2) is 76.1 Å². The van der Waals surface area contributed by atoms with Gasteiger partial charge in [-0.05, 0) is 59.7 Å². The van der Waals surface area contributed by atoms with Crippen molar-refractivity contribution in [2.75, 3.05) is 19.7 Å². The molecule has 3 heterocycles. The number of aliphatic hydroxyl groups is 1. The molecule has 9 N–H and O–H groups in total. The number of phenolic OH excluding ortho intramolecular Hbond substituents is 1. The van der Waals surface area contributed by atoms with Crippen LogP contribution < -0.4 is 16.1 Å². The van der Waals surface area contributed by atoms with Crippen molar-refractivity contribution < 1.29 is 90.2 Å². The first-order chi connectivity index (χ1) is 31.5. The number of aromatic nitrogens is 1. The number of carbonyl (C=O) groups excluding carboxylic acids is 2. The summed E-state index contributed by atoms with van der Waals surface area (Å²) < 4.78 is 58.5. The van der Waals surface area contributed by atoms with Crippen molar-refractivity contribution in [1.82, 2.24) is 15.2 Å². The Hall–Kier alpha value is -6.09. The quantitative estimate of drug-likeness (QED) is 0.0140. The van der Waals surface area contributed by atoms with E-state index in [9.17, 15) is 68.1 Å². The second-order valence-electron chi connectivity index (χ2n) is 14.6. The molecule has 0 saturated carbocycles. The highest BCUT2D eigenvalue weighted by atomic mass is 31.3. The van der Waals surface area contributed by atoms with Crippen molar-refractivity contribution in [1.29, 1.82) is 0 Å². The van der Waals surface area contributed by atoms with Gasteiger partial charge in [0.15, 0.2) is 5.43 Å². The average molecular weight is 993 g/mol. The number of phosphoric acid groups is 3. The molecule has 356 valence electrons. The van der Waals surface area contributed by atoms with Gasteiger partial charge in [-0.2, -0.15) is 8.62 Å². The average Bonchev–Trinajstić information content (AvgIpc) is 3.83. The van der Waals surface area contributed by atoms with E-state index in [-0.39, 0.29) is 76.6 Å². The number of benzene rings is 3. The lowest BCUT2D eigenvalue weighted by Crippen LogP contribution is -2.26. The van der Waals surface area contributed by atoms with Gasteiger partial charge in [-0.15, -0.1) is 0 Å². The molecule has 3 aromatic rings. The number of unbranched alkanes of at least 4 members (excludes halogenated alkanes) is 2. The van der Waals surface area contributed by atoms with E-state index in [0.717, 1.165) is 10.6 Å². The van der Waals surface area contributed by atoms with E-state index in [4.69, 9.17) is 18.9 Å². The van der Waals surface area contributed by atoms with Crippen LogP contribution in [-0.4, -0.2) is 94.1 Å². The molecule has 0 spiro atoms. The molecule has 6 rings (SSSR count). The van der Waals surface area contributed by atoms with E-state index >= 15 is 0 Å². The lowest BCUT2D eigenvalue weighted by atomic mass is 9.90. The SMILES string of the molecule is O=C(CCCCCNC(=O)c1ccc(-c2c3ccc(=O)cc-3oc3cc(O)ccc23)c(C(=O)O)c1)NCC#Cc1cc([N+](=O)[O-])n([C@H]2C[C@H](O)[C@@H](COP(=O)(O)OP(=O)(O)OP(=O)(O)O)O2)c1. The summed E-state index contributed by atoms with van der Waals surface area (Å²) in [4.78, 5) is 97.3. The van der Waals surface area contributed by atoms with Gasteiger partial charge in [-0.3, -0.25) is 18.9 Å². The molecule has 67 heavy (non-hydrogen) atoms. The van der Waals surface area contributed by atoms with Crippen molar-refractivity contribution >= 4 is 58.0 Å². The van der Waals surface area contributed by atoms with E-state index in [1.165, 1.54) is 54.7 Å². The van der Waals surface area contributed by atoms with Crippen LogP contribution in [0.5, 0.6) is 5.75 Å². The lowest BCUT2D eigenvalue weighted by Gasteiger charge is -2.18. The lowest BCUT2D eigenvalue weighted by molar-refractivity contribution is -0.393. The maximum absolute atomic E-state index is 13.1. The monoisotopic (exact) mass is 992 g/mol. The van der Waals surface area contributed by atoms with E-state index < -0.39 is 71.1 Å². The van der Waals surface area contributed by atoms with Crippen molar-refractivity contribution in [3.05, 3.63) is 104 Å². The number of hydrogen-bond donors (Lipinski definition) is 9. The van der Waals surface area contributed by atoms with Crippen LogP contribution in [0.3, 0.4) is 0 Å². The number of aromatic hydroxyl groups is 1. The van der Waals surface area contributed by atoms with E-state index in [1.54, 1.807) is 6.07 Å². The number of aliphatic hydroxyl groups excluding tert-OH is 1. The van der Waals surface area contributed by atoms with E-state index in [2.05, 4.69) is 35.6 Å². The third-order valence-electron chi connectivity index (χ3n) is 9.78. The number of fused-ring (bicyclic) bond motifs is 2. The molecule has 1 aliphatic carbocycles. The normalized spacial score (nSPS) is 17.8. The summed E-state index contributed by atoms with van der Waals surface area (Å²) >= 11 is 0. The van der Waals surface area contributed by atoms with Gasteiger partial charge in [0, 0.05) is 53.6 Å². The summed E-state index contributed by atoms with van der Waals surface area (Å²) in [5.41, 5.74) is 1.01. The van der Waals surface area contributed by atoms with Gasteiger partial charge in [-0.1, -0.05) is 24.3 Å². The molecule has 28 heteroatoms. The van der Waals surface area contributed by atoms with Crippen LogP contribution in [0.2, 0.25) is 0 Å². The molecule has 1 fully saturated rings. The Morgan fingerprint density at radius 1 is 0.925 bits per heavy atom. The third-order valence-corrected chi connectivity index (χ3v) is 13.6. The maximum Gasteiger partial charge on any atom is 0.490 e. The Morgan fingerprint density at radius 2 is 1.67 bits per heavy atom. The number of rotatable bonds is 19. The molecule has 0 bridgehead atoms. The van der Waals surface area contributed by atoms with Gasteiger partial charge in [0.1, 0.15) is 29.4 Å². The fourth-order valence-electron chi connectivity index (χ4n) is 6.92. The largest absolute Gasteiger partial charge is 0.508 e. The number of nitrogens with zero attached hydrogens (tertiary/aromatic N) is 2. The first-order valence-electron chi connectivity index (χ1n) is 19.6. The van der Waals surface area contributed by atoms with Gasteiger partial charge in [0.05, 0.1) is 36.4 Å². The zero-order valence-corrected chi connectivity index (χ0v) is 37.0. The molecule has 2 aliphatic heterocycles. The number of carboxylic acid groups (broad SMARTS) is 1. The number of phenols is 1. The highest BCUT2D eigenvalue weighted by Crippen LogP contribution is 2.66. The summed E-state index contributed by atoms with van der Waals surface area (Å²) in [6, 6.07) is 13.7. The molecular weight excluding hydrogens is 953 g/mol. The molecular formula is C39H39N4O21P3. The van der Waals surface area contributed by atoms with E-state index in [0.29, 0.717) is 35.8 Å². The number of nitro groups is 1. The minimum atomic E-state index is -5.80. The molecule has 1 saturated heterocycles. The summed E-state index contributed by atoms with van der Waals surface area (Å²) in [5.74, 6) is 2.67. The van der Waals surface area contributed by atoms with Crippen molar-refractivity contribution in [3.63, 3.8) is 0 Å². The third kappa shape index (κ3) is 13.3. The summed E-state index contributed by atoms with van der Waals surface area (Å²) in [7, 11) is -17.0. The minimum Gasteiger partial charge on any atom is -0.508 e. The Kier molecular flexibility index (Phi) is 15.6. The van der Waals surface area contributed by atoms with Crippen LogP contribution in [-0.2, 0) is 36.4 Å². The number of nitrogens with one attached hydrogen (secondary N) is 2. The number of hydrogen-bond acceptors (Lipinski definition) is 16. The van der Waals surface area contributed by atoms with Gasteiger partial charge in [0.2, 0.25) is 12.1 Å². The number of carbonyl (C=O) groups is 3. The minimum absolute atomic E-state index is 0.0782. The number of aromatic carboxylic acids is 1. The standard InChI is InChI=1S/C39H39N4O21P3/c44-24-8-11-27-31(17-24)61-32-18-25(45)9-12-28(32)37(27)26-10-7-23(16-29(26)39(49)50)38(48)41-13-3-1-2-6-34(47)40-14-4-5-22-15-35(43(51)52)42(20-22)36-19-30(46)33(62-36)21-60-66(56,57)64-67(58,59)63-65(53,54)55/h7-12,15-18,20,30,33,36,44,46H,1-3,6,13-14,19,21H2,(H,40,47)(H,41,48)(H,49,50)(H,56,57)(H,58,59)(H2,53,54,55)/t30-,33+,36+/m0/s1. The summed E-state index contributed by atoms with van der Waals surface area (Å²) in [6.45, 7) is -0.909. The highest BCUT2D eigenvalue weighted by Gasteiger charge is 2.44. The van der Waals surface area contributed by atoms with Gasteiger partial charge in [-0.25, -0.2) is 23.1 Å². The fraction of sp³-hybridized carbons (Fsp3) is 0.282. The Morgan fingerprint density at radius 3 is 2.39 bits per heavy atom. The second kappa shape index (κ2) is 20.8. The first-order valence-corrected chi connectivity index (χ1v) is 24.1. The number of carboxylic acids is 1. The predicted molar refractivity (Wildman–Crippen MR) is 229 cm³/mol. The van der Waals surface area contributed by atoms with E-state index in [1.807, 2.05) is 0 Å². The molecule has 0 radical (unpaired) electrons. The molecule has 2 amide bonds. The molecule has 5 atom stereocenters. The topological polar surface area (TPSA) is 383 Å². The summed E-state index contributed by atoms with van der Waals surface area (Å²) in [6.07, 6.45) is -1.67. The van der Waals surface area contributed by atoms with Gasteiger partial charge >= 0.3 is 35.3 Å². The molecule has 2 unspecified atom stereocenters. The second-order valence-corrected chi connectivity index (χ2v) is 19.0. The number of phosphoric ester groups is 1. The van der Waals surface area contributed by atoms with Crippen molar-refractivity contribution in [3.8, 4) is 40.0 Å². The smallest absolute Gasteiger partial charge is 0.490 e. The van der Waals surface area contributed by atoms with Crippen LogP contribution in [0.1, 0.15) is 64.6 Å². The van der Waals surface area contributed by atoms with Crippen LogP contribution in [0.25, 0.3) is 33.4 Å². The first kappa shape index (κ1) is 50.3. The fourth-order valence-corrected chi connectivity index (χ4v) is 9.95. The number of amides is 2. The highest BCUT2D eigenvalue weighted by molar-refractivity contribution is 7.66. The molecule has 2 aromatic carbocycles. The predicted octanol–water partition coefficient (Wildman–Crippen LogP) is 4.13. The Labute approximate surface area is 376 Å². The van der Waals surface area contributed by atoms with Crippen molar-refractivity contribution in [2.45, 2.75) is 50.5 Å². The molecule has 3 aliphatic rings. The Balaban J connectivity index is 0.954. The zero-order chi connectivity index (χ0) is 48.8. The van der Waals surface area contributed by atoms with Crippen molar-refractivity contribution in [2.24, 2.45) is 0 Å². The Bertz CT molecular complexity index is 2970. The number of ether oxygens (including phenoxy) is 1. The van der Waals surface area contributed by atoms with Crippen LogP contribution in [0, 0.1) is 22.0 Å². The molecule has 25 nitrogen and oxygen atoms in total. The molecule has 1 aromatic heterocycles. The van der Waals surface area contributed by atoms with Crippen LogP contribution in [0.4, 0.5) is 5.82 Å². The summed E-state index contributed by atoms with van der Waals surface area (Å²) in [5, 5.41) is 48.2. The van der Waals surface area contributed by atoms with Gasteiger partial charge < -0.3 is 64.8 Å². The zero-order valence-electron chi connectivity index (χ0n) is 34.3. The van der Waals surface area contributed by atoms with Crippen LogP contribution >= 0.6 is 23.5 Å².